The largest absolute Gasteiger partial charge is 0.493 e. The van der Waals surface area contributed by atoms with Crippen molar-refractivity contribution in [3.05, 3.63) is 66.3 Å². The Morgan fingerprint density at radius 2 is 2.13 bits per heavy atom. The number of piperidine rings is 1. The van der Waals surface area contributed by atoms with Crippen LogP contribution in [0.2, 0.25) is 0 Å². The summed E-state index contributed by atoms with van der Waals surface area (Å²) < 4.78 is 5.60. The first-order valence-electron chi connectivity index (χ1n) is 9.93. The van der Waals surface area contributed by atoms with Gasteiger partial charge in [-0.05, 0) is 31.0 Å². The Kier molecular flexibility index (Phi) is 6.14. The van der Waals surface area contributed by atoms with Gasteiger partial charge in [0, 0.05) is 31.5 Å². The molecule has 0 radical (unpaired) electrons. The van der Waals surface area contributed by atoms with E-state index in [1.807, 2.05) is 6.07 Å². The lowest BCUT2D eigenvalue weighted by atomic mass is 10.0. The summed E-state index contributed by atoms with van der Waals surface area (Å²) >= 11 is 0. The van der Waals surface area contributed by atoms with Gasteiger partial charge in [0.25, 0.3) is 0 Å². The van der Waals surface area contributed by atoms with Crippen molar-refractivity contribution < 1.29 is 9.84 Å². The molecule has 0 aliphatic carbocycles. The Morgan fingerprint density at radius 3 is 2.97 bits per heavy atom. The molecule has 0 saturated carbocycles. The van der Waals surface area contributed by atoms with Crippen LogP contribution in [0.3, 0.4) is 0 Å². The first-order chi connectivity index (χ1) is 14.7. The number of nitrogens with zero attached hydrogens (tertiary/aromatic N) is 4. The monoisotopic (exact) mass is 404 g/mol. The fourth-order valence-corrected chi connectivity index (χ4v) is 3.57. The van der Waals surface area contributed by atoms with E-state index in [4.69, 9.17) is 10.1 Å². The van der Waals surface area contributed by atoms with Crippen molar-refractivity contribution in [2.24, 2.45) is 0 Å². The Labute approximate surface area is 174 Å². The van der Waals surface area contributed by atoms with Crippen LogP contribution in [0.4, 0.5) is 0 Å². The maximum absolute atomic E-state index is 10.1. The number of hydrogen-bond acceptors (Lipinski definition) is 8. The van der Waals surface area contributed by atoms with Gasteiger partial charge >= 0.3 is 6.01 Å². The smallest absolute Gasteiger partial charge is 0.326 e. The third kappa shape index (κ3) is 4.90. The Balaban J connectivity index is 1.39. The molecule has 3 heterocycles. The van der Waals surface area contributed by atoms with Gasteiger partial charge in [-0.3, -0.25) is 9.88 Å². The summed E-state index contributed by atoms with van der Waals surface area (Å²) in [7, 11) is 0. The molecule has 2 aromatic heterocycles. The average molecular weight is 404 g/mol. The zero-order valence-corrected chi connectivity index (χ0v) is 16.5. The second-order valence-electron chi connectivity index (χ2n) is 7.24. The first-order valence-corrected chi connectivity index (χ1v) is 9.93. The van der Waals surface area contributed by atoms with Gasteiger partial charge in [-0.2, -0.15) is 9.97 Å². The lowest BCUT2D eigenvalue weighted by Crippen LogP contribution is -2.43. The molecule has 30 heavy (non-hydrogen) atoms. The number of aromatic hydroxyl groups is 1. The molecule has 1 aromatic carbocycles. The molecule has 8 heteroatoms. The highest BCUT2D eigenvalue weighted by Crippen LogP contribution is 2.23. The molecule has 1 unspecified atom stereocenters. The van der Waals surface area contributed by atoms with Gasteiger partial charge in [0.05, 0.1) is 23.3 Å². The van der Waals surface area contributed by atoms with Crippen LogP contribution in [0, 0.1) is 5.41 Å². The highest BCUT2D eigenvalue weighted by Gasteiger charge is 2.19. The summed E-state index contributed by atoms with van der Waals surface area (Å²) in [5.41, 5.74) is 1.78. The van der Waals surface area contributed by atoms with Crippen LogP contribution in [0.15, 0.2) is 60.8 Å². The number of likely N-dealkylation sites (tertiary alicyclic amines) is 1. The highest BCUT2D eigenvalue weighted by atomic mass is 16.5. The van der Waals surface area contributed by atoms with E-state index >= 15 is 0 Å². The summed E-state index contributed by atoms with van der Waals surface area (Å²) in [6.07, 6.45) is 7.99. The van der Waals surface area contributed by atoms with Gasteiger partial charge in [0.1, 0.15) is 0 Å². The number of hydrogen-bond donors (Lipinski definition) is 3. The molecule has 3 N–H and O–H groups in total. The summed E-state index contributed by atoms with van der Waals surface area (Å²) in [5.74, 6) is 0.0800. The second kappa shape index (κ2) is 9.32. The topological polar surface area (TPSA) is 107 Å². The van der Waals surface area contributed by atoms with Crippen LogP contribution < -0.4 is 10.1 Å². The van der Waals surface area contributed by atoms with Crippen molar-refractivity contribution in [3.63, 3.8) is 0 Å². The van der Waals surface area contributed by atoms with Gasteiger partial charge in [-0.25, -0.2) is 0 Å². The van der Waals surface area contributed by atoms with Crippen molar-refractivity contribution in [2.75, 3.05) is 13.1 Å². The number of aromatic nitrogens is 3. The van der Waals surface area contributed by atoms with Gasteiger partial charge in [0.2, 0.25) is 5.88 Å². The van der Waals surface area contributed by atoms with Crippen LogP contribution in [-0.4, -0.2) is 50.3 Å². The molecule has 1 aliphatic rings. The van der Waals surface area contributed by atoms with Crippen LogP contribution in [-0.2, 0) is 6.54 Å². The number of pyridine rings is 1. The predicted octanol–water partition coefficient (Wildman–Crippen LogP) is 2.85. The quantitative estimate of drug-likeness (QED) is 0.410. The molecule has 0 amide bonds. The minimum absolute atomic E-state index is 0.0288. The fourth-order valence-electron chi connectivity index (χ4n) is 3.57. The molecule has 1 atom stereocenters. The van der Waals surface area contributed by atoms with E-state index in [9.17, 15) is 5.11 Å². The zero-order valence-electron chi connectivity index (χ0n) is 16.5. The summed E-state index contributed by atoms with van der Waals surface area (Å²) in [5, 5.41) is 21.5. The first kappa shape index (κ1) is 19.8. The predicted molar refractivity (Wildman–Crippen MR) is 114 cm³/mol. The van der Waals surface area contributed by atoms with E-state index in [0.29, 0.717) is 10.9 Å². The van der Waals surface area contributed by atoms with Crippen molar-refractivity contribution in [1.29, 1.82) is 5.41 Å². The molecule has 8 nitrogen and oxygen atoms in total. The molecule has 0 bridgehead atoms. The Morgan fingerprint density at radius 1 is 1.27 bits per heavy atom. The molecule has 1 fully saturated rings. The third-order valence-electron chi connectivity index (χ3n) is 5.03. The maximum atomic E-state index is 10.1. The summed E-state index contributed by atoms with van der Waals surface area (Å²) in [4.78, 5) is 14.6. The Bertz CT molecular complexity index is 1040. The number of nitrogens with one attached hydrogen (secondary N) is 2. The number of rotatable bonds is 7. The van der Waals surface area contributed by atoms with E-state index in [2.05, 4.69) is 49.4 Å². The van der Waals surface area contributed by atoms with Crippen molar-refractivity contribution in [2.45, 2.75) is 25.4 Å². The van der Waals surface area contributed by atoms with Crippen LogP contribution in [0.1, 0.15) is 18.4 Å². The van der Waals surface area contributed by atoms with Crippen LogP contribution in [0.5, 0.6) is 11.9 Å². The third-order valence-corrected chi connectivity index (χ3v) is 5.03. The minimum Gasteiger partial charge on any atom is -0.493 e. The molecule has 4 rings (SSSR count). The van der Waals surface area contributed by atoms with Gasteiger partial charge in [0.15, 0.2) is 5.76 Å². The summed E-state index contributed by atoms with van der Waals surface area (Å²) in [6, 6.07) is 12.3. The van der Waals surface area contributed by atoms with Gasteiger partial charge < -0.3 is 20.6 Å². The molecular weight excluding hydrogens is 380 g/mol. The van der Waals surface area contributed by atoms with Crippen LogP contribution >= 0.6 is 0 Å². The van der Waals surface area contributed by atoms with Crippen molar-refractivity contribution >= 4 is 17.1 Å². The Hall–Kier alpha value is -3.52. The van der Waals surface area contributed by atoms with E-state index < -0.39 is 0 Å². The van der Waals surface area contributed by atoms with E-state index in [1.165, 1.54) is 11.8 Å². The summed E-state index contributed by atoms with van der Waals surface area (Å²) in [6.45, 7) is 2.91. The molecule has 1 saturated heterocycles. The molecule has 1 aliphatic heterocycles. The van der Waals surface area contributed by atoms with Crippen molar-refractivity contribution in [1.82, 2.24) is 25.2 Å². The average Bonchev–Trinajstić information content (AvgIpc) is 2.77. The van der Waals surface area contributed by atoms with E-state index in [0.717, 1.165) is 38.7 Å². The van der Waals surface area contributed by atoms with Crippen molar-refractivity contribution in [3.8, 4) is 11.9 Å². The maximum Gasteiger partial charge on any atom is 0.326 e. The lowest BCUT2D eigenvalue weighted by molar-refractivity contribution is 0.190. The number of fused-ring (bicyclic) bond motifs is 1. The van der Waals surface area contributed by atoms with Gasteiger partial charge in [-0.1, -0.05) is 30.3 Å². The van der Waals surface area contributed by atoms with E-state index in [1.54, 1.807) is 18.5 Å². The SMILES string of the molecule is N=C/C(=C\NC1CCCN(Cc2ccccc2)C1)Oc1nc(O)c2ccncc2n1. The van der Waals surface area contributed by atoms with Crippen LogP contribution in [0.25, 0.3) is 10.9 Å². The fraction of sp³-hybridized carbons (Fsp3) is 0.273. The standard InChI is InChI=1S/C22H24N6O2/c23-11-18(30-22-26-20-13-24-9-8-19(20)21(29)27-22)12-25-17-7-4-10-28(15-17)14-16-5-2-1-3-6-16/h1-3,5-6,8-9,11-13,17,23,25H,4,7,10,14-15H2,(H,26,27,29)/b18-12+,23-11?. The molecule has 3 aromatic rings. The second-order valence-corrected chi connectivity index (χ2v) is 7.24. The van der Waals surface area contributed by atoms with Gasteiger partial charge in [-0.15, -0.1) is 0 Å². The normalized spacial score (nSPS) is 17.6. The number of benzene rings is 1. The lowest BCUT2D eigenvalue weighted by Gasteiger charge is -2.33. The molecule has 154 valence electrons. The minimum atomic E-state index is -0.182. The number of ether oxygens (including phenoxy) is 1. The van der Waals surface area contributed by atoms with E-state index in [-0.39, 0.29) is 23.7 Å². The highest BCUT2D eigenvalue weighted by molar-refractivity contribution is 5.82. The molecular formula is C22H24N6O2. The zero-order chi connectivity index (χ0) is 20.8. The number of allylic oxidation sites excluding steroid dienone is 1. The molecule has 0 spiro atoms.